The Morgan fingerprint density at radius 3 is 2.85 bits per heavy atom. The molecule has 0 saturated carbocycles. The molecule has 3 N–H and O–H groups in total. The molecule has 1 aliphatic rings. The van der Waals surface area contributed by atoms with Crippen LogP contribution in [0.1, 0.15) is 19.8 Å². The Morgan fingerprint density at radius 1 is 1.50 bits per heavy atom. The molecule has 0 spiro atoms. The number of rotatable bonds is 3. The van der Waals surface area contributed by atoms with E-state index in [-0.39, 0.29) is 5.41 Å². The van der Waals surface area contributed by atoms with Gasteiger partial charge in [0.05, 0.1) is 9.90 Å². The van der Waals surface area contributed by atoms with Crippen LogP contribution < -0.4 is 10.6 Å². The minimum atomic E-state index is 0.257. The normalized spacial score (nSPS) is 18.4. The van der Waals surface area contributed by atoms with Gasteiger partial charge in [-0.3, -0.25) is 5.10 Å². The van der Waals surface area contributed by atoms with E-state index in [1.807, 2.05) is 11.4 Å². The zero-order valence-electron chi connectivity index (χ0n) is 11.4. The third-order valence-corrected chi connectivity index (χ3v) is 5.40. The highest BCUT2D eigenvalue weighted by Crippen LogP contribution is 2.33. The number of nitrogens with one attached hydrogen (secondary N) is 1. The van der Waals surface area contributed by atoms with Crippen molar-refractivity contribution in [1.29, 1.82) is 0 Å². The van der Waals surface area contributed by atoms with Crippen molar-refractivity contribution in [3.8, 4) is 10.7 Å². The van der Waals surface area contributed by atoms with Crippen molar-refractivity contribution in [2.24, 2.45) is 11.1 Å². The maximum atomic E-state index is 6.12. The summed E-state index contributed by atoms with van der Waals surface area (Å²) in [6, 6.07) is 1.87. The fourth-order valence-corrected chi connectivity index (χ4v) is 3.49. The van der Waals surface area contributed by atoms with Crippen LogP contribution in [0.4, 0.5) is 5.95 Å². The molecule has 0 unspecified atom stereocenters. The molecule has 7 heteroatoms. The summed E-state index contributed by atoms with van der Waals surface area (Å²) in [5.74, 6) is 1.50. The monoisotopic (exact) mass is 311 g/mol. The Balaban J connectivity index is 1.74. The number of nitrogens with two attached hydrogens (primary N) is 1. The molecule has 0 amide bonds. The van der Waals surface area contributed by atoms with Crippen molar-refractivity contribution >= 4 is 28.9 Å². The van der Waals surface area contributed by atoms with Crippen LogP contribution in [0, 0.1) is 5.41 Å². The molecule has 3 rings (SSSR count). The minimum absolute atomic E-state index is 0.257. The molecule has 0 aromatic carbocycles. The lowest BCUT2D eigenvalue weighted by molar-refractivity contribution is 0.257. The first-order valence-electron chi connectivity index (χ1n) is 6.72. The molecular formula is C13H18ClN5S. The summed E-state index contributed by atoms with van der Waals surface area (Å²) in [5.41, 5.74) is 6.09. The molecule has 3 heterocycles. The number of aromatic nitrogens is 3. The number of hydrogen-bond donors (Lipinski definition) is 2. The van der Waals surface area contributed by atoms with Crippen molar-refractivity contribution in [3.05, 3.63) is 16.5 Å². The molecule has 0 aliphatic carbocycles. The third-order valence-electron chi connectivity index (χ3n) is 4.05. The maximum absolute atomic E-state index is 6.12. The Hall–Kier alpha value is -1.11. The second-order valence-electron chi connectivity index (χ2n) is 5.58. The predicted octanol–water partition coefficient (Wildman–Crippen LogP) is 2.75. The number of hydrogen-bond acceptors (Lipinski definition) is 5. The molecule has 0 bridgehead atoms. The quantitative estimate of drug-likeness (QED) is 0.914. The molecule has 1 fully saturated rings. The van der Waals surface area contributed by atoms with Crippen LogP contribution in [0.15, 0.2) is 11.4 Å². The number of aromatic amines is 1. The van der Waals surface area contributed by atoms with E-state index in [0.29, 0.717) is 5.02 Å². The van der Waals surface area contributed by atoms with Crippen molar-refractivity contribution in [3.63, 3.8) is 0 Å². The second kappa shape index (κ2) is 5.35. The van der Waals surface area contributed by atoms with Crippen molar-refractivity contribution in [2.75, 3.05) is 24.5 Å². The highest BCUT2D eigenvalue weighted by molar-refractivity contribution is 7.14. The molecule has 1 saturated heterocycles. The average Bonchev–Trinajstić information content (AvgIpc) is 3.08. The van der Waals surface area contributed by atoms with Gasteiger partial charge in [-0.25, -0.2) is 0 Å². The van der Waals surface area contributed by atoms with Crippen molar-refractivity contribution < 1.29 is 0 Å². The van der Waals surface area contributed by atoms with E-state index in [1.54, 1.807) is 11.3 Å². The summed E-state index contributed by atoms with van der Waals surface area (Å²) >= 11 is 7.69. The van der Waals surface area contributed by atoms with Gasteiger partial charge >= 0.3 is 0 Å². The van der Waals surface area contributed by atoms with Gasteiger partial charge in [-0.2, -0.15) is 4.98 Å². The summed E-state index contributed by atoms with van der Waals surface area (Å²) in [4.78, 5) is 7.71. The first-order chi connectivity index (χ1) is 9.61. The molecule has 108 valence electrons. The number of nitrogens with zero attached hydrogens (tertiary/aromatic N) is 3. The Bertz CT molecular complexity index is 585. The van der Waals surface area contributed by atoms with E-state index < -0.39 is 0 Å². The zero-order chi connectivity index (χ0) is 14.2. The van der Waals surface area contributed by atoms with Crippen LogP contribution in [0.25, 0.3) is 10.7 Å². The number of H-pyrrole nitrogens is 1. The van der Waals surface area contributed by atoms with Gasteiger partial charge in [0.1, 0.15) is 0 Å². The first kappa shape index (κ1) is 13.9. The van der Waals surface area contributed by atoms with E-state index in [2.05, 4.69) is 27.0 Å². The average molecular weight is 312 g/mol. The van der Waals surface area contributed by atoms with E-state index in [1.165, 1.54) is 0 Å². The van der Waals surface area contributed by atoms with Gasteiger partial charge in [-0.1, -0.05) is 18.5 Å². The number of thiophene rings is 1. The van der Waals surface area contributed by atoms with Crippen LogP contribution in [-0.4, -0.2) is 34.8 Å². The van der Waals surface area contributed by atoms with E-state index in [4.69, 9.17) is 17.3 Å². The maximum Gasteiger partial charge on any atom is 0.245 e. The minimum Gasteiger partial charge on any atom is -0.339 e. The first-order valence-corrected chi connectivity index (χ1v) is 7.98. The van der Waals surface area contributed by atoms with Crippen LogP contribution in [-0.2, 0) is 0 Å². The fourth-order valence-electron chi connectivity index (χ4n) is 2.41. The van der Waals surface area contributed by atoms with E-state index in [0.717, 1.165) is 49.1 Å². The zero-order valence-corrected chi connectivity index (χ0v) is 13.0. The molecular weight excluding hydrogens is 294 g/mol. The van der Waals surface area contributed by atoms with Gasteiger partial charge < -0.3 is 10.6 Å². The van der Waals surface area contributed by atoms with Crippen LogP contribution in [0.3, 0.4) is 0 Å². The molecule has 5 nitrogen and oxygen atoms in total. The summed E-state index contributed by atoms with van der Waals surface area (Å²) in [5, 5.41) is 9.96. The topological polar surface area (TPSA) is 70.8 Å². The van der Waals surface area contributed by atoms with Crippen LogP contribution in [0.2, 0.25) is 5.02 Å². The fraction of sp³-hybridized carbons (Fsp3) is 0.538. The van der Waals surface area contributed by atoms with Crippen molar-refractivity contribution in [1.82, 2.24) is 15.2 Å². The highest BCUT2D eigenvalue weighted by atomic mass is 35.5. The lowest BCUT2D eigenvalue weighted by Gasteiger charge is -2.38. The number of anilines is 1. The van der Waals surface area contributed by atoms with Gasteiger partial charge in [0.25, 0.3) is 0 Å². The van der Waals surface area contributed by atoms with Gasteiger partial charge in [-0.05, 0) is 36.2 Å². The standard InChI is InChI=1S/C13H18ClN5S/c1-13(8-15)3-5-19(6-4-13)12-16-11(17-18-12)10-9(14)2-7-20-10/h2,7H,3-6,8,15H2,1H3,(H,16,17,18). The molecule has 0 radical (unpaired) electrons. The Morgan fingerprint density at radius 2 is 2.25 bits per heavy atom. The summed E-state index contributed by atoms with van der Waals surface area (Å²) in [7, 11) is 0. The lowest BCUT2D eigenvalue weighted by atomic mass is 9.81. The SMILES string of the molecule is CC1(CN)CCN(c2n[nH]c(-c3sccc3Cl)n2)CC1. The lowest BCUT2D eigenvalue weighted by Crippen LogP contribution is -2.42. The van der Waals surface area contributed by atoms with Gasteiger partial charge in [0.15, 0.2) is 5.82 Å². The summed E-state index contributed by atoms with van der Waals surface area (Å²) < 4.78 is 0. The van der Waals surface area contributed by atoms with Gasteiger partial charge in [-0.15, -0.1) is 16.4 Å². The number of piperidine rings is 1. The number of halogens is 1. The van der Waals surface area contributed by atoms with Crippen LogP contribution >= 0.6 is 22.9 Å². The molecule has 0 atom stereocenters. The Kier molecular flexibility index (Phi) is 3.70. The van der Waals surface area contributed by atoms with Crippen molar-refractivity contribution in [2.45, 2.75) is 19.8 Å². The Labute approximate surface area is 127 Å². The molecule has 20 heavy (non-hydrogen) atoms. The summed E-state index contributed by atoms with van der Waals surface area (Å²) in [6.07, 6.45) is 2.15. The smallest absolute Gasteiger partial charge is 0.245 e. The largest absolute Gasteiger partial charge is 0.339 e. The molecule has 2 aromatic rings. The van der Waals surface area contributed by atoms with E-state index >= 15 is 0 Å². The van der Waals surface area contributed by atoms with Crippen LogP contribution in [0.5, 0.6) is 0 Å². The third kappa shape index (κ3) is 2.55. The van der Waals surface area contributed by atoms with E-state index in [9.17, 15) is 0 Å². The molecule has 1 aliphatic heterocycles. The molecule has 2 aromatic heterocycles. The summed E-state index contributed by atoms with van der Waals surface area (Å²) in [6.45, 7) is 4.89. The predicted molar refractivity (Wildman–Crippen MR) is 83.3 cm³/mol. The van der Waals surface area contributed by atoms with Gasteiger partial charge in [0.2, 0.25) is 5.95 Å². The second-order valence-corrected chi connectivity index (χ2v) is 6.91. The van der Waals surface area contributed by atoms with Gasteiger partial charge in [0, 0.05) is 13.1 Å². The highest BCUT2D eigenvalue weighted by Gasteiger charge is 2.30.